The number of hydrazone groups is 1. The third-order valence-electron chi connectivity index (χ3n) is 3.78. The first kappa shape index (κ1) is 17.2. The monoisotopic (exact) mass is 395 g/mol. The zero-order valence-corrected chi connectivity index (χ0v) is 15.3. The van der Waals surface area contributed by atoms with E-state index >= 15 is 0 Å². The van der Waals surface area contributed by atoms with Crippen molar-refractivity contribution in [2.24, 2.45) is 5.10 Å². The molecule has 0 saturated carbocycles. The van der Waals surface area contributed by atoms with E-state index in [4.69, 9.17) is 0 Å². The van der Waals surface area contributed by atoms with Gasteiger partial charge in [0.2, 0.25) is 0 Å². The molecule has 5 heteroatoms. The molecule has 1 atom stereocenters. The van der Waals surface area contributed by atoms with Crippen molar-refractivity contribution in [1.29, 1.82) is 0 Å². The molecule has 1 amide bonds. The summed E-state index contributed by atoms with van der Waals surface area (Å²) in [6.07, 6.45) is 1.62. The summed E-state index contributed by atoms with van der Waals surface area (Å²) >= 11 is 3.38. The van der Waals surface area contributed by atoms with E-state index in [1.807, 2.05) is 60.7 Å². The first-order valence-corrected chi connectivity index (χ1v) is 8.75. The second-order valence-corrected chi connectivity index (χ2v) is 6.63. The molecule has 4 nitrogen and oxygen atoms in total. The van der Waals surface area contributed by atoms with Crippen molar-refractivity contribution in [3.63, 3.8) is 0 Å². The number of rotatable bonds is 5. The van der Waals surface area contributed by atoms with Crippen LogP contribution >= 0.6 is 15.9 Å². The Labute approximate surface area is 155 Å². The minimum absolute atomic E-state index is 0.193. The van der Waals surface area contributed by atoms with E-state index in [0.717, 1.165) is 21.1 Å². The number of carbonyl (C=O) groups excluding carboxylic acids is 1. The lowest BCUT2D eigenvalue weighted by molar-refractivity contribution is -0.121. The average molecular weight is 396 g/mol. The first-order valence-electron chi connectivity index (χ1n) is 7.96. The summed E-state index contributed by atoms with van der Waals surface area (Å²) in [6.45, 7) is 1.81. The Morgan fingerprint density at radius 1 is 1.04 bits per heavy atom. The largest absolute Gasteiger partial charge is 0.374 e. The van der Waals surface area contributed by atoms with Crippen LogP contribution in [0, 0.1) is 0 Å². The first-order chi connectivity index (χ1) is 12.1. The number of carbonyl (C=O) groups is 1. The Kier molecular flexibility index (Phi) is 5.46. The number of fused-ring (bicyclic) bond motifs is 1. The molecule has 3 aromatic rings. The molecule has 0 saturated heterocycles. The quantitative estimate of drug-likeness (QED) is 0.491. The molecule has 3 rings (SSSR count). The van der Waals surface area contributed by atoms with Crippen LogP contribution in [-0.4, -0.2) is 18.2 Å². The van der Waals surface area contributed by atoms with Gasteiger partial charge in [0.15, 0.2) is 0 Å². The minimum Gasteiger partial charge on any atom is -0.374 e. The summed E-state index contributed by atoms with van der Waals surface area (Å²) in [5.74, 6) is -0.193. The lowest BCUT2D eigenvalue weighted by atomic mass is 10.1. The van der Waals surface area contributed by atoms with Crippen LogP contribution in [0.2, 0.25) is 0 Å². The Hall–Kier alpha value is -2.66. The molecule has 0 spiro atoms. The maximum atomic E-state index is 12.2. The number of nitrogens with one attached hydrogen (secondary N) is 2. The highest BCUT2D eigenvalue weighted by atomic mass is 79.9. The van der Waals surface area contributed by atoms with Crippen molar-refractivity contribution in [3.05, 3.63) is 76.8 Å². The van der Waals surface area contributed by atoms with E-state index < -0.39 is 6.04 Å². The summed E-state index contributed by atoms with van der Waals surface area (Å²) in [5.41, 5.74) is 4.38. The van der Waals surface area contributed by atoms with E-state index in [1.54, 1.807) is 13.1 Å². The topological polar surface area (TPSA) is 53.5 Å². The second kappa shape index (κ2) is 7.94. The molecule has 0 aliphatic rings. The number of hydrogen-bond acceptors (Lipinski definition) is 3. The number of hydrogen-bond donors (Lipinski definition) is 2. The fraction of sp³-hybridized carbons (Fsp3) is 0.100. The van der Waals surface area contributed by atoms with Gasteiger partial charge in [0.05, 0.1) is 6.21 Å². The molecule has 1 unspecified atom stereocenters. The fourth-order valence-corrected chi connectivity index (χ4v) is 2.68. The molecule has 2 N–H and O–H groups in total. The molecule has 3 aromatic carbocycles. The molecule has 25 heavy (non-hydrogen) atoms. The van der Waals surface area contributed by atoms with Crippen LogP contribution in [0.5, 0.6) is 0 Å². The second-order valence-electron chi connectivity index (χ2n) is 5.71. The van der Waals surface area contributed by atoms with Gasteiger partial charge in [-0.1, -0.05) is 58.4 Å². The molecular formula is C20H18BrN3O. The van der Waals surface area contributed by atoms with Gasteiger partial charge in [-0.3, -0.25) is 4.79 Å². The lowest BCUT2D eigenvalue weighted by Gasteiger charge is -2.14. The number of nitrogens with zero attached hydrogens (tertiary/aromatic N) is 1. The summed E-state index contributed by atoms with van der Waals surface area (Å²) < 4.78 is 1.00. The van der Waals surface area contributed by atoms with E-state index in [0.29, 0.717) is 0 Å². The summed E-state index contributed by atoms with van der Waals surface area (Å²) in [5, 5.41) is 9.51. The van der Waals surface area contributed by atoms with Crippen LogP contribution in [0.25, 0.3) is 10.8 Å². The van der Waals surface area contributed by atoms with E-state index in [9.17, 15) is 4.79 Å². The van der Waals surface area contributed by atoms with Crippen LogP contribution in [0.4, 0.5) is 5.69 Å². The van der Waals surface area contributed by atoms with Gasteiger partial charge in [0.25, 0.3) is 5.91 Å². The molecule has 0 fully saturated rings. The average Bonchev–Trinajstić information content (AvgIpc) is 2.63. The van der Waals surface area contributed by atoms with E-state index in [1.165, 1.54) is 5.39 Å². The predicted octanol–water partition coefficient (Wildman–Crippen LogP) is 4.55. The highest BCUT2D eigenvalue weighted by molar-refractivity contribution is 9.10. The van der Waals surface area contributed by atoms with Gasteiger partial charge in [-0.25, -0.2) is 5.43 Å². The van der Waals surface area contributed by atoms with Crippen molar-refractivity contribution < 1.29 is 4.79 Å². The Balaban J connectivity index is 1.58. The fourth-order valence-electron chi connectivity index (χ4n) is 2.41. The van der Waals surface area contributed by atoms with Crippen LogP contribution in [0.1, 0.15) is 12.5 Å². The van der Waals surface area contributed by atoms with Gasteiger partial charge in [-0.05, 0) is 47.5 Å². The number of anilines is 1. The van der Waals surface area contributed by atoms with Crippen molar-refractivity contribution in [3.8, 4) is 0 Å². The third-order valence-corrected chi connectivity index (χ3v) is 4.31. The van der Waals surface area contributed by atoms with Crippen molar-refractivity contribution in [2.45, 2.75) is 13.0 Å². The van der Waals surface area contributed by atoms with E-state index in [-0.39, 0.29) is 5.91 Å². The number of benzene rings is 3. The Morgan fingerprint density at radius 3 is 2.52 bits per heavy atom. The molecule has 0 bridgehead atoms. The van der Waals surface area contributed by atoms with Crippen LogP contribution in [0.15, 0.2) is 76.3 Å². The van der Waals surface area contributed by atoms with Crippen molar-refractivity contribution in [2.75, 3.05) is 5.32 Å². The summed E-state index contributed by atoms with van der Waals surface area (Å²) in [4.78, 5) is 12.2. The molecule has 0 radical (unpaired) electrons. The van der Waals surface area contributed by atoms with Gasteiger partial charge in [-0.15, -0.1) is 0 Å². The standard InChI is InChI=1S/C20H18BrN3O/c1-14(20(25)24-22-13-15-6-9-18(21)10-7-15)23-19-11-8-16-4-2-3-5-17(16)12-19/h2-14,23H,1H3,(H,24,25)/b22-13+. The lowest BCUT2D eigenvalue weighted by Crippen LogP contribution is -2.34. The van der Waals surface area contributed by atoms with Crippen LogP contribution in [0.3, 0.4) is 0 Å². The zero-order valence-electron chi connectivity index (χ0n) is 13.7. The zero-order chi connectivity index (χ0) is 17.6. The molecule has 126 valence electrons. The van der Waals surface area contributed by atoms with Gasteiger partial charge >= 0.3 is 0 Å². The highest BCUT2D eigenvalue weighted by Gasteiger charge is 2.11. The Morgan fingerprint density at radius 2 is 1.76 bits per heavy atom. The SMILES string of the molecule is CC(Nc1ccc2ccccc2c1)C(=O)N/N=C/c1ccc(Br)cc1. The summed E-state index contributed by atoms with van der Waals surface area (Å²) in [6, 6.07) is 21.4. The van der Waals surface area contributed by atoms with E-state index in [2.05, 4.69) is 37.8 Å². The maximum Gasteiger partial charge on any atom is 0.262 e. The number of amides is 1. The van der Waals surface area contributed by atoms with Crippen LogP contribution in [-0.2, 0) is 4.79 Å². The van der Waals surface area contributed by atoms with Crippen molar-refractivity contribution in [1.82, 2.24) is 5.43 Å². The van der Waals surface area contributed by atoms with Gasteiger partial charge in [0, 0.05) is 10.2 Å². The molecule has 0 heterocycles. The Bertz CT molecular complexity index is 906. The molecule has 0 aromatic heterocycles. The van der Waals surface area contributed by atoms with Gasteiger partial charge in [-0.2, -0.15) is 5.10 Å². The van der Waals surface area contributed by atoms with Gasteiger partial charge in [0.1, 0.15) is 6.04 Å². The number of halogens is 1. The van der Waals surface area contributed by atoms with Crippen LogP contribution < -0.4 is 10.7 Å². The smallest absolute Gasteiger partial charge is 0.262 e. The molecule has 0 aliphatic heterocycles. The van der Waals surface area contributed by atoms with Crippen molar-refractivity contribution >= 4 is 44.5 Å². The molecule has 0 aliphatic carbocycles. The summed E-state index contributed by atoms with van der Waals surface area (Å²) in [7, 11) is 0. The predicted molar refractivity (Wildman–Crippen MR) is 107 cm³/mol. The highest BCUT2D eigenvalue weighted by Crippen LogP contribution is 2.19. The molecular weight excluding hydrogens is 378 g/mol. The third kappa shape index (κ3) is 4.67. The minimum atomic E-state index is -0.400. The maximum absolute atomic E-state index is 12.2. The normalized spacial score (nSPS) is 12.2. The van der Waals surface area contributed by atoms with Gasteiger partial charge < -0.3 is 5.32 Å².